The lowest BCUT2D eigenvalue weighted by Gasteiger charge is -2.18. The van der Waals surface area contributed by atoms with Gasteiger partial charge in [0.1, 0.15) is 0 Å². The molecule has 0 bridgehead atoms. The zero-order chi connectivity index (χ0) is 21.0. The van der Waals surface area contributed by atoms with Gasteiger partial charge in [-0.3, -0.25) is 9.69 Å². The topological polar surface area (TPSA) is 69.7 Å². The van der Waals surface area contributed by atoms with E-state index >= 15 is 0 Å². The number of carbonyl (C=O) groups is 1. The number of nitrogens with zero attached hydrogens (tertiary/aromatic N) is 2. The average Bonchev–Trinajstić information content (AvgIpc) is 3.20. The summed E-state index contributed by atoms with van der Waals surface area (Å²) >= 11 is 0. The highest BCUT2D eigenvalue weighted by molar-refractivity contribution is 7.89. The SMILES string of the molecule is Cc1ccc(CN(C)CC(=O)Nc2ccc(S(=O)(=O)N3CCCC3)cc2)c(C)c1. The molecule has 1 saturated heterocycles. The smallest absolute Gasteiger partial charge is 0.243 e. The fourth-order valence-electron chi connectivity index (χ4n) is 3.60. The minimum absolute atomic E-state index is 0.132. The van der Waals surface area contributed by atoms with Crippen LogP contribution in [0.3, 0.4) is 0 Å². The molecule has 156 valence electrons. The number of hydrogen-bond donors (Lipinski definition) is 1. The first-order valence-electron chi connectivity index (χ1n) is 9.90. The number of nitrogens with one attached hydrogen (secondary N) is 1. The Labute approximate surface area is 173 Å². The third kappa shape index (κ3) is 5.44. The van der Waals surface area contributed by atoms with E-state index in [2.05, 4.69) is 37.4 Å². The lowest BCUT2D eigenvalue weighted by Crippen LogP contribution is -2.30. The Morgan fingerprint density at radius 3 is 2.34 bits per heavy atom. The molecular formula is C22H29N3O3S. The highest BCUT2D eigenvalue weighted by Gasteiger charge is 2.26. The van der Waals surface area contributed by atoms with Crippen molar-refractivity contribution < 1.29 is 13.2 Å². The van der Waals surface area contributed by atoms with E-state index in [-0.39, 0.29) is 17.3 Å². The van der Waals surface area contributed by atoms with Crippen LogP contribution < -0.4 is 5.32 Å². The Hall–Kier alpha value is -2.22. The van der Waals surface area contributed by atoms with E-state index in [9.17, 15) is 13.2 Å². The summed E-state index contributed by atoms with van der Waals surface area (Å²) in [6.07, 6.45) is 1.81. The number of amides is 1. The molecule has 0 atom stereocenters. The molecule has 0 radical (unpaired) electrons. The Balaban J connectivity index is 1.56. The first-order chi connectivity index (χ1) is 13.8. The standard InChI is InChI=1S/C22H29N3O3S/c1-17-6-7-19(18(2)14-17)15-24(3)16-22(26)23-20-8-10-21(11-9-20)29(27,28)25-12-4-5-13-25/h6-11,14H,4-5,12-13,15-16H2,1-3H3,(H,23,26). The summed E-state index contributed by atoms with van der Waals surface area (Å²) in [6.45, 7) is 6.23. The van der Waals surface area contributed by atoms with Gasteiger partial charge in [0.05, 0.1) is 11.4 Å². The number of aryl methyl sites for hydroxylation is 2. The van der Waals surface area contributed by atoms with Crippen LogP contribution in [0.1, 0.15) is 29.5 Å². The minimum atomic E-state index is -3.43. The molecule has 1 amide bonds. The molecule has 6 nitrogen and oxygen atoms in total. The van der Waals surface area contributed by atoms with E-state index < -0.39 is 10.0 Å². The summed E-state index contributed by atoms with van der Waals surface area (Å²) in [4.78, 5) is 14.6. The predicted octanol–water partition coefficient (Wildman–Crippen LogP) is 3.16. The summed E-state index contributed by atoms with van der Waals surface area (Å²) in [5.74, 6) is -0.132. The maximum absolute atomic E-state index is 12.6. The van der Waals surface area contributed by atoms with Crippen molar-refractivity contribution in [2.45, 2.75) is 38.1 Å². The summed E-state index contributed by atoms with van der Waals surface area (Å²) in [5.41, 5.74) is 4.23. The Bertz CT molecular complexity index is 965. The Morgan fingerprint density at radius 2 is 1.72 bits per heavy atom. The van der Waals surface area contributed by atoms with Crippen LogP contribution in [0.5, 0.6) is 0 Å². The summed E-state index contributed by atoms with van der Waals surface area (Å²) < 4.78 is 26.7. The molecule has 1 fully saturated rings. The highest BCUT2D eigenvalue weighted by Crippen LogP contribution is 2.22. The second-order valence-electron chi connectivity index (χ2n) is 7.79. The molecule has 3 rings (SSSR count). The fourth-order valence-corrected chi connectivity index (χ4v) is 5.12. The number of benzene rings is 2. The van der Waals surface area contributed by atoms with Crippen molar-refractivity contribution in [2.24, 2.45) is 0 Å². The van der Waals surface area contributed by atoms with Crippen molar-refractivity contribution in [2.75, 3.05) is 32.0 Å². The van der Waals surface area contributed by atoms with Crippen LogP contribution in [-0.4, -0.2) is 50.2 Å². The van der Waals surface area contributed by atoms with Crippen molar-refractivity contribution in [1.82, 2.24) is 9.21 Å². The van der Waals surface area contributed by atoms with Gasteiger partial charge in [-0.25, -0.2) is 8.42 Å². The van der Waals surface area contributed by atoms with E-state index in [1.54, 1.807) is 24.3 Å². The van der Waals surface area contributed by atoms with Crippen molar-refractivity contribution in [3.05, 3.63) is 59.2 Å². The van der Waals surface area contributed by atoms with Crippen LogP contribution in [-0.2, 0) is 21.4 Å². The quantitative estimate of drug-likeness (QED) is 0.754. The molecule has 0 spiro atoms. The maximum Gasteiger partial charge on any atom is 0.243 e. The molecule has 1 aliphatic heterocycles. The maximum atomic E-state index is 12.6. The zero-order valence-corrected chi connectivity index (χ0v) is 18.1. The Kier molecular flexibility index (Phi) is 6.72. The van der Waals surface area contributed by atoms with Crippen molar-refractivity contribution in [1.29, 1.82) is 0 Å². The molecule has 0 aliphatic carbocycles. The minimum Gasteiger partial charge on any atom is -0.325 e. The van der Waals surface area contributed by atoms with Crippen LogP contribution >= 0.6 is 0 Å². The average molecular weight is 416 g/mol. The third-order valence-corrected chi connectivity index (χ3v) is 7.11. The van der Waals surface area contributed by atoms with Crippen LogP contribution in [0, 0.1) is 13.8 Å². The number of sulfonamides is 1. The third-order valence-electron chi connectivity index (χ3n) is 5.19. The molecule has 0 aromatic heterocycles. The lowest BCUT2D eigenvalue weighted by atomic mass is 10.1. The van der Waals surface area contributed by atoms with Crippen molar-refractivity contribution >= 4 is 21.6 Å². The van der Waals surface area contributed by atoms with Crippen LogP contribution in [0.25, 0.3) is 0 Å². The van der Waals surface area contributed by atoms with E-state index in [0.717, 1.165) is 12.8 Å². The first-order valence-corrected chi connectivity index (χ1v) is 11.3. The number of hydrogen-bond acceptors (Lipinski definition) is 4. The first kappa shape index (κ1) is 21.5. The van der Waals surface area contributed by atoms with Crippen LogP contribution in [0.15, 0.2) is 47.4 Å². The van der Waals surface area contributed by atoms with Gasteiger partial charge >= 0.3 is 0 Å². The van der Waals surface area contributed by atoms with Gasteiger partial charge in [-0.15, -0.1) is 0 Å². The van der Waals surface area contributed by atoms with Gasteiger partial charge in [-0.1, -0.05) is 23.8 Å². The van der Waals surface area contributed by atoms with E-state index in [0.29, 0.717) is 25.3 Å². The molecule has 0 saturated carbocycles. The predicted molar refractivity (Wildman–Crippen MR) is 115 cm³/mol. The number of anilines is 1. The van der Waals surface area contributed by atoms with E-state index in [1.807, 2.05) is 11.9 Å². The molecule has 29 heavy (non-hydrogen) atoms. The second kappa shape index (κ2) is 9.07. The molecule has 2 aromatic rings. The molecule has 1 heterocycles. The Morgan fingerprint density at radius 1 is 1.07 bits per heavy atom. The van der Waals surface area contributed by atoms with Crippen LogP contribution in [0.4, 0.5) is 5.69 Å². The summed E-state index contributed by atoms with van der Waals surface area (Å²) in [5, 5.41) is 2.84. The molecular weight excluding hydrogens is 386 g/mol. The molecule has 2 aromatic carbocycles. The van der Waals surface area contributed by atoms with E-state index in [4.69, 9.17) is 0 Å². The van der Waals surface area contributed by atoms with Crippen molar-refractivity contribution in [3.8, 4) is 0 Å². The fraction of sp³-hybridized carbons (Fsp3) is 0.409. The van der Waals surface area contributed by atoms with Gasteiger partial charge in [-0.05, 0) is 69.1 Å². The lowest BCUT2D eigenvalue weighted by molar-refractivity contribution is -0.117. The van der Waals surface area contributed by atoms with Gasteiger partial charge in [0.25, 0.3) is 0 Å². The van der Waals surface area contributed by atoms with Gasteiger partial charge in [-0.2, -0.15) is 4.31 Å². The monoisotopic (exact) mass is 415 g/mol. The molecule has 7 heteroatoms. The second-order valence-corrected chi connectivity index (χ2v) is 9.72. The highest BCUT2D eigenvalue weighted by atomic mass is 32.2. The zero-order valence-electron chi connectivity index (χ0n) is 17.3. The van der Waals surface area contributed by atoms with Crippen molar-refractivity contribution in [3.63, 3.8) is 0 Å². The summed E-state index contributed by atoms with van der Waals surface area (Å²) in [6, 6.07) is 12.7. The van der Waals surface area contributed by atoms with E-state index in [1.165, 1.54) is 21.0 Å². The number of likely N-dealkylation sites (N-methyl/N-ethyl adjacent to an activating group) is 1. The number of rotatable bonds is 7. The normalized spacial score (nSPS) is 15.0. The largest absolute Gasteiger partial charge is 0.325 e. The van der Waals surface area contributed by atoms with Crippen LogP contribution in [0.2, 0.25) is 0 Å². The van der Waals surface area contributed by atoms with Gasteiger partial charge in [0.2, 0.25) is 15.9 Å². The van der Waals surface area contributed by atoms with Gasteiger partial charge < -0.3 is 5.32 Å². The van der Waals surface area contributed by atoms with Gasteiger partial charge in [0, 0.05) is 25.3 Å². The summed E-state index contributed by atoms with van der Waals surface area (Å²) in [7, 11) is -1.52. The van der Waals surface area contributed by atoms with Gasteiger partial charge in [0.15, 0.2) is 0 Å². The number of carbonyl (C=O) groups excluding carboxylic acids is 1. The molecule has 0 unspecified atom stereocenters. The molecule has 1 aliphatic rings. The molecule has 1 N–H and O–H groups in total.